The van der Waals surface area contributed by atoms with Gasteiger partial charge in [-0.3, -0.25) is 10.1 Å². The van der Waals surface area contributed by atoms with Crippen molar-refractivity contribution in [2.45, 2.75) is 26.9 Å². The molecule has 174 valence electrons. The van der Waals surface area contributed by atoms with Gasteiger partial charge in [-0.05, 0) is 49.7 Å². The van der Waals surface area contributed by atoms with Gasteiger partial charge >= 0.3 is 0 Å². The van der Waals surface area contributed by atoms with E-state index in [4.69, 9.17) is 14.2 Å². The van der Waals surface area contributed by atoms with Crippen LogP contribution in [-0.4, -0.2) is 29.1 Å². The number of hydrogen-bond acceptors (Lipinski definition) is 8. The molecule has 5 rings (SSSR count). The van der Waals surface area contributed by atoms with Crippen LogP contribution in [0.5, 0.6) is 17.2 Å². The summed E-state index contributed by atoms with van der Waals surface area (Å²) < 4.78 is 17.3. The molecule has 0 unspecified atom stereocenters. The highest BCUT2D eigenvalue weighted by Crippen LogP contribution is 2.35. The van der Waals surface area contributed by atoms with Crippen molar-refractivity contribution in [2.75, 3.05) is 18.5 Å². The maximum Gasteiger partial charge on any atom is 0.269 e. The molecule has 0 fully saturated rings. The number of thiazole rings is 2. The number of carbonyl (C=O) groups excluding carboxylic acids is 1. The Labute approximate surface area is 205 Å². The predicted molar refractivity (Wildman–Crippen MR) is 133 cm³/mol. The average Bonchev–Trinajstić information content (AvgIpc) is 3.36. The van der Waals surface area contributed by atoms with Gasteiger partial charge in [0.05, 0.1) is 24.6 Å². The maximum atomic E-state index is 12.9. The van der Waals surface area contributed by atoms with Gasteiger partial charge in [-0.2, -0.15) is 0 Å². The molecule has 0 radical (unpaired) electrons. The Morgan fingerprint density at radius 2 is 1.94 bits per heavy atom. The van der Waals surface area contributed by atoms with E-state index in [1.807, 2.05) is 61.7 Å². The number of carbonyl (C=O) groups is 1. The number of aromatic nitrogens is 2. The van der Waals surface area contributed by atoms with E-state index in [0.29, 0.717) is 41.3 Å². The number of rotatable bonds is 6. The summed E-state index contributed by atoms with van der Waals surface area (Å²) in [6, 6.07) is 13.6. The lowest BCUT2D eigenvalue weighted by molar-refractivity contribution is 0.103. The Kier molecular flexibility index (Phi) is 6.46. The second-order valence-electron chi connectivity index (χ2n) is 7.83. The minimum absolute atomic E-state index is 0.226. The van der Waals surface area contributed by atoms with E-state index in [1.54, 1.807) is 0 Å². The van der Waals surface area contributed by atoms with Crippen LogP contribution in [0, 0.1) is 13.8 Å². The smallest absolute Gasteiger partial charge is 0.269 e. The lowest BCUT2D eigenvalue weighted by atomic mass is 10.1. The van der Waals surface area contributed by atoms with Gasteiger partial charge in [-0.25, -0.2) is 9.97 Å². The molecule has 7 nitrogen and oxygen atoms in total. The van der Waals surface area contributed by atoms with Gasteiger partial charge in [0.1, 0.15) is 22.2 Å². The van der Waals surface area contributed by atoms with Gasteiger partial charge < -0.3 is 14.2 Å². The molecule has 9 heteroatoms. The van der Waals surface area contributed by atoms with E-state index in [1.165, 1.54) is 22.7 Å². The van der Waals surface area contributed by atoms with Crippen LogP contribution in [0.1, 0.15) is 32.4 Å². The van der Waals surface area contributed by atoms with Crippen molar-refractivity contribution in [1.82, 2.24) is 9.97 Å². The zero-order chi connectivity index (χ0) is 23.5. The standard InChI is InChI=1S/C25H23N3O4S2/c1-15-5-3-6-18(11-15)32-13-22-26-16(2)23(34-22)24(29)28-25-27-19(14-33-25)17-7-8-20-21(12-17)31-10-4-9-30-20/h3,5-8,11-12,14H,4,9-10,13H2,1-2H3,(H,27,28,29). The Bertz CT molecular complexity index is 1330. The molecule has 1 amide bonds. The summed E-state index contributed by atoms with van der Waals surface area (Å²) >= 11 is 2.70. The molecule has 0 spiro atoms. The van der Waals surface area contributed by atoms with Crippen molar-refractivity contribution in [1.29, 1.82) is 0 Å². The summed E-state index contributed by atoms with van der Waals surface area (Å²) in [6.07, 6.45) is 0.855. The van der Waals surface area contributed by atoms with Crippen LogP contribution in [0.4, 0.5) is 5.13 Å². The summed E-state index contributed by atoms with van der Waals surface area (Å²) in [4.78, 5) is 22.5. The number of ether oxygens (including phenoxy) is 3. The molecule has 1 aliphatic rings. The highest BCUT2D eigenvalue weighted by molar-refractivity contribution is 7.15. The van der Waals surface area contributed by atoms with Crippen LogP contribution in [0.25, 0.3) is 11.3 Å². The topological polar surface area (TPSA) is 82.6 Å². The van der Waals surface area contributed by atoms with Crippen LogP contribution in [-0.2, 0) is 6.61 Å². The van der Waals surface area contributed by atoms with Crippen molar-refractivity contribution in [3.63, 3.8) is 0 Å². The lowest BCUT2D eigenvalue weighted by Gasteiger charge is -2.08. The zero-order valence-corrected chi connectivity index (χ0v) is 20.4. The third kappa shape index (κ3) is 5.05. The van der Waals surface area contributed by atoms with Crippen LogP contribution >= 0.6 is 22.7 Å². The molecule has 0 bridgehead atoms. The summed E-state index contributed by atoms with van der Waals surface area (Å²) in [6.45, 7) is 5.43. The fraction of sp³-hybridized carbons (Fsp3) is 0.240. The third-order valence-corrected chi connectivity index (χ3v) is 7.05. The van der Waals surface area contributed by atoms with Gasteiger partial charge in [-0.15, -0.1) is 22.7 Å². The Hall–Kier alpha value is -3.43. The fourth-order valence-corrected chi connectivity index (χ4v) is 5.10. The molecule has 4 aromatic rings. The lowest BCUT2D eigenvalue weighted by Crippen LogP contribution is -2.11. The molecule has 2 aromatic carbocycles. The van der Waals surface area contributed by atoms with E-state index in [9.17, 15) is 4.79 Å². The third-order valence-electron chi connectivity index (χ3n) is 5.17. The quantitative estimate of drug-likeness (QED) is 0.361. The molecule has 1 N–H and O–H groups in total. The van der Waals surface area contributed by atoms with Gasteiger partial charge in [-0.1, -0.05) is 12.1 Å². The van der Waals surface area contributed by atoms with Gasteiger partial charge in [0.2, 0.25) is 0 Å². The fourth-order valence-electron chi connectivity index (χ4n) is 3.52. The van der Waals surface area contributed by atoms with Crippen molar-refractivity contribution in [3.8, 4) is 28.5 Å². The Morgan fingerprint density at radius 3 is 2.79 bits per heavy atom. The summed E-state index contributed by atoms with van der Waals surface area (Å²) in [7, 11) is 0. The first-order valence-corrected chi connectivity index (χ1v) is 12.6. The normalized spacial score (nSPS) is 12.8. The average molecular weight is 494 g/mol. The maximum absolute atomic E-state index is 12.9. The monoisotopic (exact) mass is 493 g/mol. The summed E-state index contributed by atoms with van der Waals surface area (Å²) in [5.74, 6) is 2.02. The number of anilines is 1. The molecule has 0 aliphatic carbocycles. The Morgan fingerprint density at radius 1 is 1.09 bits per heavy atom. The Balaban J connectivity index is 1.25. The van der Waals surface area contributed by atoms with Crippen molar-refractivity contribution in [3.05, 3.63) is 69.0 Å². The van der Waals surface area contributed by atoms with E-state index in [0.717, 1.165) is 39.7 Å². The highest BCUT2D eigenvalue weighted by atomic mass is 32.1. The van der Waals surface area contributed by atoms with Crippen LogP contribution in [0.3, 0.4) is 0 Å². The second kappa shape index (κ2) is 9.82. The zero-order valence-electron chi connectivity index (χ0n) is 18.8. The number of nitrogens with one attached hydrogen (secondary N) is 1. The molecule has 34 heavy (non-hydrogen) atoms. The number of fused-ring (bicyclic) bond motifs is 1. The molecule has 1 aliphatic heterocycles. The first kappa shape index (κ1) is 22.4. The van der Waals surface area contributed by atoms with Crippen molar-refractivity contribution >= 4 is 33.7 Å². The summed E-state index contributed by atoms with van der Waals surface area (Å²) in [5, 5.41) is 6.08. The number of aryl methyl sites for hydroxylation is 2. The van der Waals surface area contributed by atoms with Gasteiger partial charge in [0, 0.05) is 17.4 Å². The number of nitrogens with zero attached hydrogens (tertiary/aromatic N) is 2. The van der Waals surface area contributed by atoms with Crippen LogP contribution in [0.2, 0.25) is 0 Å². The van der Waals surface area contributed by atoms with E-state index in [2.05, 4.69) is 15.3 Å². The number of hydrogen-bond donors (Lipinski definition) is 1. The largest absolute Gasteiger partial charge is 0.490 e. The molecule has 0 atom stereocenters. The van der Waals surface area contributed by atoms with Gasteiger partial charge in [0.15, 0.2) is 16.6 Å². The number of amides is 1. The molecule has 3 heterocycles. The predicted octanol–water partition coefficient (Wildman–Crippen LogP) is 5.88. The van der Waals surface area contributed by atoms with Crippen molar-refractivity contribution < 1.29 is 19.0 Å². The first-order chi connectivity index (χ1) is 16.5. The molecular formula is C25H23N3O4S2. The van der Waals surface area contributed by atoms with Crippen LogP contribution in [0.15, 0.2) is 47.8 Å². The number of benzene rings is 2. The van der Waals surface area contributed by atoms with E-state index in [-0.39, 0.29) is 5.91 Å². The first-order valence-electron chi connectivity index (χ1n) is 10.9. The molecule has 0 saturated carbocycles. The van der Waals surface area contributed by atoms with E-state index >= 15 is 0 Å². The van der Waals surface area contributed by atoms with Crippen molar-refractivity contribution in [2.24, 2.45) is 0 Å². The van der Waals surface area contributed by atoms with Gasteiger partial charge in [0.25, 0.3) is 5.91 Å². The summed E-state index contributed by atoms with van der Waals surface area (Å²) in [5.41, 5.74) is 3.47. The molecule has 2 aromatic heterocycles. The van der Waals surface area contributed by atoms with Crippen LogP contribution < -0.4 is 19.5 Å². The minimum atomic E-state index is -0.226. The van der Waals surface area contributed by atoms with E-state index < -0.39 is 0 Å². The SMILES string of the molecule is Cc1cccc(OCc2nc(C)c(C(=O)Nc3nc(-c4ccc5c(c4)OCCCO5)cs3)s2)c1. The minimum Gasteiger partial charge on any atom is -0.490 e. The second-order valence-corrected chi connectivity index (χ2v) is 9.77. The highest BCUT2D eigenvalue weighted by Gasteiger charge is 2.18. The molecular weight excluding hydrogens is 470 g/mol. The molecule has 0 saturated heterocycles.